The van der Waals surface area contributed by atoms with Crippen molar-refractivity contribution in [1.29, 1.82) is 0 Å². The van der Waals surface area contributed by atoms with Crippen LogP contribution >= 0.6 is 11.8 Å². The van der Waals surface area contributed by atoms with Gasteiger partial charge in [0, 0.05) is 18.2 Å². The third-order valence-corrected chi connectivity index (χ3v) is 3.32. The summed E-state index contributed by atoms with van der Waals surface area (Å²) in [7, 11) is 0. The average Bonchev–Trinajstić information content (AvgIpc) is 2.34. The summed E-state index contributed by atoms with van der Waals surface area (Å²) in [6.07, 6.45) is -3.15. The number of hydrogen-bond acceptors (Lipinski definition) is 5. The van der Waals surface area contributed by atoms with Gasteiger partial charge in [0.05, 0.1) is 11.7 Å². The number of carbonyl (C=O) groups excluding carboxylic acids is 1. The fourth-order valence-electron chi connectivity index (χ4n) is 1.51. The largest absolute Gasteiger partial charge is 0.478 e. The monoisotopic (exact) mass is 288 g/mol. The Labute approximate surface area is 113 Å². The van der Waals surface area contributed by atoms with Gasteiger partial charge in [-0.05, 0) is 12.1 Å². The highest BCUT2D eigenvalue weighted by Gasteiger charge is 2.27. The summed E-state index contributed by atoms with van der Waals surface area (Å²) in [6.45, 7) is 1.29. The first kappa shape index (κ1) is 15.6. The summed E-state index contributed by atoms with van der Waals surface area (Å²) < 4.78 is 13.6. The highest BCUT2D eigenvalue weighted by atomic mass is 32.2. The number of aliphatic hydroxyl groups excluding tert-OH is 2. The number of thioether (sulfide) groups is 1. The zero-order valence-corrected chi connectivity index (χ0v) is 10.9. The number of aromatic carboxylic acids is 1. The third kappa shape index (κ3) is 4.02. The fourth-order valence-corrected chi connectivity index (χ4v) is 2.10. The van der Waals surface area contributed by atoms with Crippen molar-refractivity contribution in [2.24, 2.45) is 0 Å². The minimum atomic E-state index is -1.71. The molecular formula is C12H13FO5S. The highest BCUT2D eigenvalue weighted by Crippen LogP contribution is 2.26. The number of rotatable bonds is 5. The van der Waals surface area contributed by atoms with Gasteiger partial charge in [0.25, 0.3) is 0 Å². The summed E-state index contributed by atoms with van der Waals surface area (Å²) in [6, 6.07) is 3.33. The van der Waals surface area contributed by atoms with Crippen LogP contribution in [0.25, 0.3) is 0 Å². The minimum absolute atomic E-state index is 0.149. The quantitative estimate of drug-likeness (QED) is 0.753. The number of carboxylic acid groups (broad SMARTS) is 1. The van der Waals surface area contributed by atoms with Gasteiger partial charge in [-0.1, -0.05) is 17.8 Å². The second-order valence-electron chi connectivity index (χ2n) is 3.82. The normalized spacial score (nSPS) is 13.9. The molecule has 1 rings (SSSR count). The van der Waals surface area contributed by atoms with E-state index in [1.54, 1.807) is 0 Å². The van der Waals surface area contributed by atoms with Crippen LogP contribution in [0, 0.1) is 5.82 Å². The molecule has 0 aliphatic heterocycles. The van der Waals surface area contributed by atoms with Gasteiger partial charge in [-0.25, -0.2) is 9.18 Å². The lowest BCUT2D eigenvalue weighted by Gasteiger charge is -2.19. The Morgan fingerprint density at radius 1 is 1.37 bits per heavy atom. The lowest BCUT2D eigenvalue weighted by molar-refractivity contribution is -0.109. The van der Waals surface area contributed by atoms with Crippen molar-refractivity contribution < 1.29 is 29.3 Å². The summed E-state index contributed by atoms with van der Waals surface area (Å²) in [4.78, 5) is 21.7. The zero-order chi connectivity index (χ0) is 14.6. The second kappa shape index (κ2) is 6.65. The standard InChI is InChI=1S/C12H13FO5S/c1-6(14)19-5-9(15)11(16)10-7(12(17)18)3-2-4-8(10)13/h2-4,9,11,15-16H,5H2,1H3,(H,17,18). The second-order valence-corrected chi connectivity index (χ2v) is 5.02. The van der Waals surface area contributed by atoms with E-state index in [0.29, 0.717) is 0 Å². The summed E-state index contributed by atoms with van der Waals surface area (Å²) in [5.41, 5.74) is -0.897. The molecule has 1 aromatic rings. The van der Waals surface area contributed by atoms with E-state index < -0.39 is 35.1 Å². The molecule has 0 heterocycles. The van der Waals surface area contributed by atoms with Crippen molar-refractivity contribution >= 4 is 22.8 Å². The number of carboxylic acids is 1. The number of carbonyl (C=O) groups is 2. The van der Waals surface area contributed by atoms with Gasteiger partial charge >= 0.3 is 5.97 Å². The maximum atomic E-state index is 13.6. The molecule has 0 amide bonds. The highest BCUT2D eigenvalue weighted by molar-refractivity contribution is 8.13. The lowest BCUT2D eigenvalue weighted by atomic mass is 9.98. The van der Waals surface area contributed by atoms with E-state index in [9.17, 15) is 24.2 Å². The van der Waals surface area contributed by atoms with Gasteiger partial charge in [-0.15, -0.1) is 0 Å². The van der Waals surface area contributed by atoms with Crippen LogP contribution in [0.3, 0.4) is 0 Å². The zero-order valence-electron chi connectivity index (χ0n) is 10.0. The van der Waals surface area contributed by atoms with Gasteiger partial charge in [-0.2, -0.15) is 0 Å². The Hall–Kier alpha value is -1.44. The Morgan fingerprint density at radius 3 is 2.53 bits per heavy atom. The predicted molar refractivity (Wildman–Crippen MR) is 67.5 cm³/mol. The maximum absolute atomic E-state index is 13.6. The molecule has 2 atom stereocenters. The smallest absolute Gasteiger partial charge is 0.336 e. The van der Waals surface area contributed by atoms with Gasteiger partial charge in [0.1, 0.15) is 11.9 Å². The predicted octanol–water partition coefficient (Wildman–Crippen LogP) is 1.20. The molecule has 1 aromatic carbocycles. The summed E-state index contributed by atoms with van der Waals surface area (Å²) in [5, 5.41) is 28.2. The van der Waals surface area contributed by atoms with Crippen LogP contribution in [-0.2, 0) is 4.79 Å². The van der Waals surface area contributed by atoms with Gasteiger partial charge in [0.2, 0.25) is 0 Å². The lowest BCUT2D eigenvalue weighted by Crippen LogP contribution is -2.24. The van der Waals surface area contributed by atoms with E-state index in [1.807, 2.05) is 0 Å². The molecule has 5 nitrogen and oxygen atoms in total. The molecule has 7 heteroatoms. The van der Waals surface area contributed by atoms with Crippen molar-refractivity contribution in [2.45, 2.75) is 19.1 Å². The van der Waals surface area contributed by atoms with Gasteiger partial charge in [0.15, 0.2) is 5.12 Å². The molecule has 0 aromatic heterocycles. The number of benzene rings is 1. The molecule has 2 unspecified atom stereocenters. The van der Waals surface area contributed by atoms with Crippen LogP contribution in [0.5, 0.6) is 0 Å². The average molecular weight is 288 g/mol. The fraction of sp³-hybridized carbons (Fsp3) is 0.333. The Kier molecular flexibility index (Phi) is 5.46. The van der Waals surface area contributed by atoms with Gasteiger partial charge in [-0.3, -0.25) is 4.79 Å². The Morgan fingerprint density at radius 2 is 2.00 bits per heavy atom. The number of aliphatic hydroxyl groups is 2. The van der Waals surface area contributed by atoms with E-state index in [-0.39, 0.29) is 10.9 Å². The van der Waals surface area contributed by atoms with Crippen molar-refractivity contribution in [3.63, 3.8) is 0 Å². The molecule has 0 spiro atoms. The molecule has 0 aliphatic rings. The van der Waals surface area contributed by atoms with E-state index in [0.717, 1.165) is 23.9 Å². The molecule has 0 fully saturated rings. The van der Waals surface area contributed by atoms with Crippen LogP contribution in [0.2, 0.25) is 0 Å². The van der Waals surface area contributed by atoms with Crippen molar-refractivity contribution in [3.8, 4) is 0 Å². The molecular weight excluding hydrogens is 275 g/mol. The molecule has 3 N–H and O–H groups in total. The van der Waals surface area contributed by atoms with Crippen LogP contribution in [0.1, 0.15) is 28.9 Å². The summed E-state index contributed by atoms with van der Waals surface area (Å²) >= 11 is 0.764. The van der Waals surface area contributed by atoms with Gasteiger partial charge < -0.3 is 15.3 Å². The first-order chi connectivity index (χ1) is 8.84. The van der Waals surface area contributed by atoms with Crippen LogP contribution in [0.4, 0.5) is 4.39 Å². The SMILES string of the molecule is CC(=O)SCC(O)C(O)c1c(F)cccc1C(=O)O. The third-order valence-electron chi connectivity index (χ3n) is 2.40. The van der Waals surface area contributed by atoms with Crippen LogP contribution < -0.4 is 0 Å². The van der Waals surface area contributed by atoms with E-state index in [2.05, 4.69) is 0 Å². The van der Waals surface area contributed by atoms with E-state index in [1.165, 1.54) is 13.0 Å². The van der Waals surface area contributed by atoms with Crippen molar-refractivity contribution in [3.05, 3.63) is 35.1 Å². The molecule has 104 valence electrons. The van der Waals surface area contributed by atoms with Crippen molar-refractivity contribution in [2.75, 3.05) is 5.75 Å². The van der Waals surface area contributed by atoms with Crippen LogP contribution in [-0.4, -0.2) is 38.3 Å². The maximum Gasteiger partial charge on any atom is 0.336 e. The molecule has 0 saturated heterocycles. The minimum Gasteiger partial charge on any atom is -0.478 e. The first-order valence-electron chi connectivity index (χ1n) is 5.35. The van der Waals surface area contributed by atoms with E-state index >= 15 is 0 Å². The number of hydrogen-bond donors (Lipinski definition) is 3. The Bertz CT molecular complexity index is 491. The topological polar surface area (TPSA) is 94.8 Å². The number of halogens is 1. The molecule has 0 saturated carbocycles. The van der Waals surface area contributed by atoms with Crippen molar-refractivity contribution in [1.82, 2.24) is 0 Å². The molecule has 0 bridgehead atoms. The molecule has 19 heavy (non-hydrogen) atoms. The first-order valence-corrected chi connectivity index (χ1v) is 6.34. The van der Waals surface area contributed by atoms with Crippen LogP contribution in [0.15, 0.2) is 18.2 Å². The summed E-state index contributed by atoms with van der Waals surface area (Å²) in [5.74, 6) is -2.47. The molecule has 0 radical (unpaired) electrons. The molecule has 0 aliphatic carbocycles. The van der Waals surface area contributed by atoms with E-state index in [4.69, 9.17) is 5.11 Å². The Balaban J connectivity index is 3.01.